The van der Waals surface area contributed by atoms with Crippen LogP contribution in [0.3, 0.4) is 0 Å². The average Bonchev–Trinajstić information content (AvgIpc) is 2.22. The first kappa shape index (κ1) is 15.8. The molecule has 0 aromatic heterocycles. The van der Waals surface area contributed by atoms with Crippen LogP contribution in [0.5, 0.6) is 0 Å². The lowest BCUT2D eigenvalue weighted by Crippen LogP contribution is -2.47. The Hall–Kier alpha value is -1.26. The number of hydrogen-bond donors (Lipinski definition) is 1. The number of alkyl carbamates (subject to hydrolysis) is 1. The van der Waals surface area contributed by atoms with E-state index in [0.29, 0.717) is 6.42 Å². The Labute approximate surface area is 115 Å². The lowest BCUT2D eigenvalue weighted by molar-refractivity contribution is -0.144. The van der Waals surface area contributed by atoms with Crippen LogP contribution in [0.1, 0.15) is 53.4 Å². The molecule has 0 unspecified atom stereocenters. The first-order chi connectivity index (χ1) is 8.65. The van der Waals surface area contributed by atoms with E-state index in [9.17, 15) is 9.59 Å². The largest absolute Gasteiger partial charge is 0.467 e. The zero-order chi connectivity index (χ0) is 14.7. The molecule has 0 bridgehead atoms. The third-order valence-electron chi connectivity index (χ3n) is 3.43. The zero-order valence-electron chi connectivity index (χ0n) is 12.5. The van der Waals surface area contributed by atoms with Gasteiger partial charge in [-0.05, 0) is 45.4 Å². The van der Waals surface area contributed by atoms with Crippen LogP contribution in [0.2, 0.25) is 0 Å². The molecule has 0 heterocycles. The zero-order valence-corrected chi connectivity index (χ0v) is 12.5. The van der Waals surface area contributed by atoms with Gasteiger partial charge in [-0.25, -0.2) is 9.59 Å². The van der Waals surface area contributed by atoms with Gasteiger partial charge in [0, 0.05) is 0 Å². The van der Waals surface area contributed by atoms with Gasteiger partial charge in [-0.1, -0.05) is 13.3 Å². The van der Waals surface area contributed by atoms with Crippen LogP contribution >= 0.6 is 0 Å². The molecule has 1 atom stereocenters. The molecule has 1 aliphatic rings. The quantitative estimate of drug-likeness (QED) is 0.798. The second-order valence-corrected chi connectivity index (χ2v) is 6.59. The number of nitrogens with one attached hydrogen (secondary N) is 1. The van der Waals surface area contributed by atoms with E-state index in [0.717, 1.165) is 12.8 Å². The van der Waals surface area contributed by atoms with Crippen LogP contribution in [0, 0.1) is 5.41 Å². The van der Waals surface area contributed by atoms with Gasteiger partial charge in [0.1, 0.15) is 11.6 Å². The number of esters is 1. The highest BCUT2D eigenvalue weighted by Crippen LogP contribution is 2.44. The van der Waals surface area contributed by atoms with Gasteiger partial charge in [0.25, 0.3) is 0 Å². The van der Waals surface area contributed by atoms with Crippen LogP contribution < -0.4 is 5.32 Å². The molecule has 5 nitrogen and oxygen atoms in total. The molecule has 1 aliphatic carbocycles. The minimum absolute atomic E-state index is 0.119. The van der Waals surface area contributed by atoms with Gasteiger partial charge in [-0.3, -0.25) is 0 Å². The molecule has 0 aliphatic heterocycles. The fraction of sp³-hybridized carbons (Fsp3) is 0.857. The smallest absolute Gasteiger partial charge is 0.408 e. The maximum absolute atomic E-state index is 11.7. The van der Waals surface area contributed by atoms with E-state index in [1.165, 1.54) is 13.5 Å². The third kappa shape index (κ3) is 5.09. The highest BCUT2D eigenvalue weighted by molar-refractivity contribution is 5.81. The van der Waals surface area contributed by atoms with Crippen molar-refractivity contribution in [3.8, 4) is 0 Å². The molecule has 1 N–H and O–H groups in total. The summed E-state index contributed by atoms with van der Waals surface area (Å²) in [5.41, 5.74) is -0.459. The number of rotatable bonds is 4. The van der Waals surface area contributed by atoms with Gasteiger partial charge in [0.05, 0.1) is 7.11 Å². The molecule has 0 radical (unpaired) electrons. The maximum atomic E-state index is 11.7. The summed E-state index contributed by atoms with van der Waals surface area (Å²) in [4.78, 5) is 23.5. The molecule has 0 spiro atoms. The third-order valence-corrected chi connectivity index (χ3v) is 3.43. The van der Waals surface area contributed by atoms with E-state index in [-0.39, 0.29) is 5.41 Å². The van der Waals surface area contributed by atoms with E-state index in [1.807, 2.05) is 0 Å². The van der Waals surface area contributed by atoms with E-state index in [2.05, 4.69) is 12.2 Å². The SMILES string of the molecule is COC(=O)[C@H](CC1(C)CCC1)NC(=O)OC(C)(C)C. The van der Waals surface area contributed by atoms with Crippen molar-refractivity contribution in [3.05, 3.63) is 0 Å². The minimum atomic E-state index is -0.634. The van der Waals surface area contributed by atoms with Crippen molar-refractivity contribution in [2.24, 2.45) is 5.41 Å². The summed E-state index contributed by atoms with van der Waals surface area (Å²) in [6, 6.07) is -0.634. The van der Waals surface area contributed by atoms with E-state index in [4.69, 9.17) is 9.47 Å². The highest BCUT2D eigenvalue weighted by atomic mass is 16.6. The highest BCUT2D eigenvalue weighted by Gasteiger charge is 2.38. The Kier molecular flexibility index (Phi) is 4.82. The fourth-order valence-electron chi connectivity index (χ4n) is 2.26. The van der Waals surface area contributed by atoms with Gasteiger partial charge in [0.15, 0.2) is 0 Å². The molecule has 1 amide bonds. The van der Waals surface area contributed by atoms with Crippen molar-refractivity contribution in [2.75, 3.05) is 7.11 Å². The standard InChI is InChI=1S/C14H25NO4/c1-13(2,3)19-12(17)15-10(11(16)18-5)9-14(4)7-6-8-14/h10H,6-9H2,1-5H3,(H,15,17)/t10-/m0/s1. The lowest BCUT2D eigenvalue weighted by atomic mass is 9.67. The topological polar surface area (TPSA) is 64.6 Å². The van der Waals surface area contributed by atoms with Crippen molar-refractivity contribution >= 4 is 12.1 Å². The molecule has 5 heteroatoms. The number of ether oxygens (including phenoxy) is 2. The second-order valence-electron chi connectivity index (χ2n) is 6.59. The Morgan fingerprint density at radius 2 is 1.89 bits per heavy atom. The summed E-state index contributed by atoms with van der Waals surface area (Å²) in [5, 5.41) is 2.61. The van der Waals surface area contributed by atoms with Gasteiger partial charge >= 0.3 is 12.1 Å². The summed E-state index contributed by atoms with van der Waals surface area (Å²) in [7, 11) is 1.33. The van der Waals surface area contributed by atoms with Gasteiger partial charge in [-0.2, -0.15) is 0 Å². The first-order valence-corrected chi connectivity index (χ1v) is 6.73. The summed E-state index contributed by atoms with van der Waals surface area (Å²) in [5.74, 6) is -0.418. The van der Waals surface area contributed by atoms with Crippen molar-refractivity contribution in [1.82, 2.24) is 5.32 Å². The Bertz CT molecular complexity index is 342. The summed E-state index contributed by atoms with van der Waals surface area (Å²) < 4.78 is 9.92. The number of hydrogen-bond acceptors (Lipinski definition) is 4. The minimum Gasteiger partial charge on any atom is -0.467 e. The molecule has 19 heavy (non-hydrogen) atoms. The van der Waals surface area contributed by atoms with Crippen molar-refractivity contribution in [2.45, 2.75) is 65.0 Å². The number of amides is 1. The van der Waals surface area contributed by atoms with E-state index < -0.39 is 23.7 Å². The monoisotopic (exact) mass is 271 g/mol. The normalized spacial score (nSPS) is 19.0. The van der Waals surface area contributed by atoms with Crippen LogP contribution in [0.4, 0.5) is 4.79 Å². The first-order valence-electron chi connectivity index (χ1n) is 6.73. The van der Waals surface area contributed by atoms with Crippen molar-refractivity contribution < 1.29 is 19.1 Å². The number of methoxy groups -OCH3 is 1. The Morgan fingerprint density at radius 1 is 1.32 bits per heavy atom. The second kappa shape index (κ2) is 5.80. The van der Waals surface area contributed by atoms with Crippen LogP contribution in [0.25, 0.3) is 0 Å². The molecule has 110 valence electrons. The van der Waals surface area contributed by atoms with Crippen LogP contribution in [-0.4, -0.2) is 30.8 Å². The van der Waals surface area contributed by atoms with Crippen molar-refractivity contribution in [3.63, 3.8) is 0 Å². The average molecular weight is 271 g/mol. The number of carbonyl (C=O) groups is 2. The molecule has 0 aromatic carbocycles. The molecular formula is C14H25NO4. The summed E-state index contributed by atoms with van der Waals surface area (Å²) in [6.07, 6.45) is 3.36. The summed E-state index contributed by atoms with van der Waals surface area (Å²) in [6.45, 7) is 7.48. The molecule has 1 saturated carbocycles. The molecule has 0 aromatic rings. The molecule has 0 saturated heterocycles. The predicted octanol–water partition coefficient (Wildman–Crippen LogP) is 2.63. The van der Waals surface area contributed by atoms with E-state index in [1.54, 1.807) is 20.8 Å². The van der Waals surface area contributed by atoms with Gasteiger partial charge in [0.2, 0.25) is 0 Å². The Balaban J connectivity index is 2.59. The summed E-state index contributed by atoms with van der Waals surface area (Å²) >= 11 is 0. The number of carbonyl (C=O) groups excluding carboxylic acids is 2. The van der Waals surface area contributed by atoms with E-state index >= 15 is 0 Å². The van der Waals surface area contributed by atoms with Gasteiger partial charge in [-0.15, -0.1) is 0 Å². The van der Waals surface area contributed by atoms with Gasteiger partial charge < -0.3 is 14.8 Å². The molecule has 1 rings (SSSR count). The van der Waals surface area contributed by atoms with Crippen LogP contribution in [0.15, 0.2) is 0 Å². The Morgan fingerprint density at radius 3 is 2.26 bits per heavy atom. The maximum Gasteiger partial charge on any atom is 0.408 e. The lowest BCUT2D eigenvalue weighted by Gasteiger charge is -2.40. The molecule has 1 fully saturated rings. The van der Waals surface area contributed by atoms with Crippen LogP contribution in [-0.2, 0) is 14.3 Å². The molecular weight excluding hydrogens is 246 g/mol. The fourth-order valence-corrected chi connectivity index (χ4v) is 2.26. The van der Waals surface area contributed by atoms with Crippen molar-refractivity contribution in [1.29, 1.82) is 0 Å². The predicted molar refractivity (Wildman–Crippen MR) is 71.7 cm³/mol.